The van der Waals surface area contributed by atoms with Crippen LogP contribution in [0.3, 0.4) is 0 Å². The average Bonchev–Trinajstić information content (AvgIpc) is 2.36. The topological polar surface area (TPSA) is 15.3 Å². The molecule has 1 aliphatic rings. The molecule has 134 valence electrons. The number of rotatable bonds is 3. The van der Waals surface area contributed by atoms with E-state index in [4.69, 9.17) is 0 Å². The zero-order valence-corrected chi connectivity index (χ0v) is 15.3. The van der Waals surface area contributed by atoms with Crippen molar-refractivity contribution in [2.45, 2.75) is 39.4 Å². The molecule has 2 rings (SSSR count). The highest BCUT2D eigenvalue weighted by Gasteiger charge is 2.37. The highest BCUT2D eigenvalue weighted by Crippen LogP contribution is 2.37. The predicted molar refractivity (Wildman–Crippen MR) is 93.0 cm³/mol. The first kappa shape index (κ1) is 22.5. The summed E-state index contributed by atoms with van der Waals surface area (Å²) in [6, 6.07) is 3.38. The summed E-state index contributed by atoms with van der Waals surface area (Å²) in [4.78, 5) is 1.97. The van der Waals surface area contributed by atoms with E-state index in [-0.39, 0.29) is 24.8 Å². The van der Waals surface area contributed by atoms with Crippen molar-refractivity contribution in [1.82, 2.24) is 10.2 Å². The molecule has 1 aliphatic heterocycles. The molecule has 1 heterocycles. The normalized spacial score (nSPS) is 17.1. The summed E-state index contributed by atoms with van der Waals surface area (Å²) in [7, 11) is 0. The number of nitrogens with one attached hydrogen (secondary N) is 1. The summed E-state index contributed by atoms with van der Waals surface area (Å²) in [5.41, 5.74) is 3.86. The Morgan fingerprint density at radius 2 is 1.52 bits per heavy atom. The molecule has 1 atom stereocenters. The van der Waals surface area contributed by atoms with Crippen LogP contribution < -0.4 is 5.32 Å². The third-order valence-electron chi connectivity index (χ3n) is 4.09. The minimum Gasteiger partial charge on any atom is -0.314 e. The van der Waals surface area contributed by atoms with E-state index in [1.54, 1.807) is 0 Å². The van der Waals surface area contributed by atoms with E-state index in [9.17, 15) is 13.2 Å². The van der Waals surface area contributed by atoms with Crippen LogP contribution in [-0.2, 0) is 0 Å². The van der Waals surface area contributed by atoms with Gasteiger partial charge in [-0.1, -0.05) is 17.7 Å². The van der Waals surface area contributed by atoms with Gasteiger partial charge in [0, 0.05) is 32.2 Å². The van der Waals surface area contributed by atoms with Gasteiger partial charge < -0.3 is 5.32 Å². The fourth-order valence-electron chi connectivity index (χ4n) is 3.34. The highest BCUT2D eigenvalue weighted by atomic mass is 35.5. The van der Waals surface area contributed by atoms with E-state index < -0.39 is 18.6 Å². The molecule has 0 radical (unpaired) electrons. The Balaban J connectivity index is 0.00000242. The van der Waals surface area contributed by atoms with Gasteiger partial charge in [-0.2, -0.15) is 13.2 Å². The monoisotopic (exact) mass is 372 g/mol. The van der Waals surface area contributed by atoms with Crippen LogP contribution in [0.25, 0.3) is 0 Å². The quantitative estimate of drug-likeness (QED) is 0.847. The SMILES string of the molecule is Cc1cc(C)c([C@@H](CC(F)(F)F)N2CCNCC2)c(C)c1.Cl.Cl. The lowest BCUT2D eigenvalue weighted by atomic mass is 9.91. The maximum atomic E-state index is 13.0. The molecule has 0 aliphatic carbocycles. The minimum atomic E-state index is -4.15. The maximum absolute atomic E-state index is 13.0. The minimum absolute atomic E-state index is 0. The summed E-state index contributed by atoms with van der Waals surface area (Å²) in [6.45, 7) is 8.63. The average molecular weight is 373 g/mol. The number of piperazine rings is 1. The molecule has 0 saturated carbocycles. The largest absolute Gasteiger partial charge is 0.390 e. The second-order valence-electron chi connectivity index (χ2n) is 5.93. The lowest BCUT2D eigenvalue weighted by Crippen LogP contribution is -2.46. The number of hydrogen-bond donors (Lipinski definition) is 1. The van der Waals surface area contributed by atoms with Crippen LogP contribution in [0.1, 0.15) is 34.7 Å². The van der Waals surface area contributed by atoms with Crippen LogP contribution in [0, 0.1) is 20.8 Å². The van der Waals surface area contributed by atoms with Gasteiger partial charge in [-0.3, -0.25) is 4.90 Å². The molecule has 0 amide bonds. The van der Waals surface area contributed by atoms with Crippen molar-refractivity contribution in [1.29, 1.82) is 0 Å². The predicted octanol–water partition coefficient (Wildman–Crippen LogP) is 4.35. The molecule has 1 fully saturated rings. The Bertz CT molecular complexity index is 478. The highest BCUT2D eigenvalue weighted by molar-refractivity contribution is 5.85. The summed E-state index contributed by atoms with van der Waals surface area (Å²) >= 11 is 0. The molecule has 1 N–H and O–H groups in total. The number of aryl methyl sites for hydroxylation is 3. The third kappa shape index (κ3) is 6.14. The molecular formula is C16H25Cl2F3N2. The molecule has 23 heavy (non-hydrogen) atoms. The van der Waals surface area contributed by atoms with Gasteiger partial charge in [-0.05, 0) is 37.5 Å². The van der Waals surface area contributed by atoms with Crippen LogP contribution in [0.5, 0.6) is 0 Å². The Morgan fingerprint density at radius 3 is 1.96 bits per heavy atom. The summed E-state index contributed by atoms with van der Waals surface area (Å²) in [5.74, 6) is 0. The van der Waals surface area contributed by atoms with E-state index >= 15 is 0 Å². The molecule has 1 aromatic rings. The van der Waals surface area contributed by atoms with Gasteiger partial charge in [-0.25, -0.2) is 0 Å². The van der Waals surface area contributed by atoms with Gasteiger partial charge in [-0.15, -0.1) is 24.8 Å². The van der Waals surface area contributed by atoms with Crippen LogP contribution >= 0.6 is 24.8 Å². The molecule has 0 spiro atoms. The van der Waals surface area contributed by atoms with Crippen molar-refractivity contribution >= 4 is 24.8 Å². The molecule has 1 aromatic carbocycles. The second kappa shape index (κ2) is 9.11. The third-order valence-corrected chi connectivity index (χ3v) is 4.09. The first-order valence-corrected chi connectivity index (χ1v) is 7.37. The lowest BCUT2D eigenvalue weighted by Gasteiger charge is -2.37. The van der Waals surface area contributed by atoms with E-state index in [1.807, 2.05) is 37.8 Å². The number of hydrogen-bond acceptors (Lipinski definition) is 2. The summed E-state index contributed by atoms with van der Waals surface area (Å²) < 4.78 is 39.1. The molecule has 7 heteroatoms. The number of nitrogens with zero attached hydrogens (tertiary/aromatic N) is 1. The number of alkyl halides is 3. The standard InChI is InChI=1S/C16H23F3N2.2ClH/c1-11-8-12(2)15(13(3)9-11)14(10-16(17,18)19)21-6-4-20-5-7-21;;/h8-9,14,20H,4-7,10H2,1-3H3;2*1H/t14-;;/m1../s1. The van der Waals surface area contributed by atoms with Crippen molar-refractivity contribution in [2.75, 3.05) is 26.2 Å². The van der Waals surface area contributed by atoms with E-state index in [0.717, 1.165) is 35.3 Å². The van der Waals surface area contributed by atoms with E-state index in [2.05, 4.69) is 5.32 Å². The molecule has 0 bridgehead atoms. The van der Waals surface area contributed by atoms with Crippen molar-refractivity contribution < 1.29 is 13.2 Å². The van der Waals surface area contributed by atoms with Crippen molar-refractivity contribution in [3.8, 4) is 0 Å². The van der Waals surface area contributed by atoms with Crippen LogP contribution in [0.4, 0.5) is 13.2 Å². The fraction of sp³-hybridized carbons (Fsp3) is 0.625. The zero-order chi connectivity index (χ0) is 15.6. The van der Waals surface area contributed by atoms with E-state index in [1.165, 1.54) is 0 Å². The molecular weight excluding hydrogens is 348 g/mol. The van der Waals surface area contributed by atoms with Crippen molar-refractivity contribution in [3.63, 3.8) is 0 Å². The van der Waals surface area contributed by atoms with Crippen LogP contribution in [-0.4, -0.2) is 37.3 Å². The van der Waals surface area contributed by atoms with Crippen LogP contribution in [0.2, 0.25) is 0 Å². The van der Waals surface area contributed by atoms with E-state index in [0.29, 0.717) is 13.1 Å². The second-order valence-corrected chi connectivity index (χ2v) is 5.93. The smallest absolute Gasteiger partial charge is 0.314 e. The Morgan fingerprint density at radius 1 is 1.04 bits per heavy atom. The Hall–Kier alpha value is -0.490. The fourth-order valence-corrected chi connectivity index (χ4v) is 3.34. The van der Waals surface area contributed by atoms with Gasteiger partial charge in [0.25, 0.3) is 0 Å². The first-order chi connectivity index (χ1) is 9.78. The Kier molecular flexibility index (Phi) is 8.92. The lowest BCUT2D eigenvalue weighted by molar-refractivity contribution is -0.148. The zero-order valence-electron chi connectivity index (χ0n) is 13.7. The summed E-state index contributed by atoms with van der Waals surface area (Å²) in [6.07, 6.45) is -4.93. The maximum Gasteiger partial charge on any atom is 0.390 e. The van der Waals surface area contributed by atoms with Crippen LogP contribution in [0.15, 0.2) is 12.1 Å². The summed E-state index contributed by atoms with van der Waals surface area (Å²) in [5, 5.41) is 3.20. The first-order valence-electron chi connectivity index (χ1n) is 7.37. The van der Waals surface area contributed by atoms with Gasteiger partial charge in [0.05, 0.1) is 6.42 Å². The van der Waals surface area contributed by atoms with Gasteiger partial charge in [0.15, 0.2) is 0 Å². The van der Waals surface area contributed by atoms with Crippen molar-refractivity contribution in [3.05, 3.63) is 34.4 Å². The van der Waals surface area contributed by atoms with Gasteiger partial charge in [0.2, 0.25) is 0 Å². The molecule has 0 aromatic heterocycles. The van der Waals surface area contributed by atoms with Crippen molar-refractivity contribution in [2.24, 2.45) is 0 Å². The number of halogens is 5. The molecule has 1 saturated heterocycles. The number of benzene rings is 1. The van der Waals surface area contributed by atoms with Gasteiger partial charge >= 0.3 is 6.18 Å². The molecule has 2 nitrogen and oxygen atoms in total. The Labute approximate surface area is 148 Å². The van der Waals surface area contributed by atoms with Gasteiger partial charge in [0.1, 0.15) is 0 Å². The molecule has 0 unspecified atom stereocenters.